The fraction of sp³-hybridized carbons (Fsp3) is 0.308. The Bertz CT molecular complexity index is 1510. The zero-order valence-corrected chi connectivity index (χ0v) is 22.1. The lowest BCUT2D eigenvalue weighted by molar-refractivity contribution is -0.129. The molecule has 1 aliphatic rings. The molecular weight excluding hydrogens is 512 g/mol. The molecule has 3 aromatic heterocycles. The Morgan fingerprint density at radius 1 is 1.24 bits per heavy atom. The van der Waals surface area contributed by atoms with Crippen molar-refractivity contribution >= 4 is 50.8 Å². The topological polar surface area (TPSA) is 107 Å². The minimum atomic E-state index is -0.237. The molecule has 0 aliphatic carbocycles. The van der Waals surface area contributed by atoms with E-state index in [0.717, 1.165) is 10.4 Å². The van der Waals surface area contributed by atoms with E-state index < -0.39 is 0 Å². The Labute approximate surface area is 221 Å². The summed E-state index contributed by atoms with van der Waals surface area (Å²) in [6, 6.07) is 10.8. The highest BCUT2D eigenvalue weighted by molar-refractivity contribution is 7.99. The Kier molecular flexibility index (Phi) is 7.33. The van der Waals surface area contributed by atoms with Gasteiger partial charge < -0.3 is 19.4 Å². The second kappa shape index (κ2) is 10.8. The van der Waals surface area contributed by atoms with Gasteiger partial charge in [0.15, 0.2) is 5.16 Å². The van der Waals surface area contributed by atoms with Crippen LogP contribution in [0.1, 0.15) is 30.0 Å². The molecule has 1 aromatic carbocycles. The van der Waals surface area contributed by atoms with E-state index in [1.165, 1.54) is 23.1 Å². The van der Waals surface area contributed by atoms with Crippen molar-refractivity contribution in [2.24, 2.45) is 0 Å². The van der Waals surface area contributed by atoms with Crippen molar-refractivity contribution < 1.29 is 18.7 Å². The van der Waals surface area contributed by atoms with E-state index in [2.05, 4.69) is 5.32 Å². The van der Waals surface area contributed by atoms with Gasteiger partial charge in [-0.15, -0.1) is 11.3 Å². The molecule has 11 heteroatoms. The summed E-state index contributed by atoms with van der Waals surface area (Å²) in [5, 5.41) is 3.91. The van der Waals surface area contributed by atoms with Crippen LogP contribution in [-0.4, -0.2) is 45.2 Å². The molecule has 0 fully saturated rings. The number of furan rings is 1. The molecule has 2 amide bonds. The first-order chi connectivity index (χ1) is 17.9. The van der Waals surface area contributed by atoms with Gasteiger partial charge >= 0.3 is 0 Å². The van der Waals surface area contributed by atoms with Crippen molar-refractivity contribution in [1.29, 1.82) is 0 Å². The van der Waals surface area contributed by atoms with Crippen molar-refractivity contribution in [2.45, 2.75) is 38.5 Å². The monoisotopic (exact) mass is 538 g/mol. The molecule has 1 N–H and O–H groups in total. The number of hydrogen-bond acceptors (Lipinski definition) is 8. The number of nitrogens with zero attached hydrogens (tertiary/aromatic N) is 3. The van der Waals surface area contributed by atoms with Crippen LogP contribution in [0, 0.1) is 0 Å². The van der Waals surface area contributed by atoms with Crippen molar-refractivity contribution in [3.63, 3.8) is 0 Å². The van der Waals surface area contributed by atoms with Crippen LogP contribution in [0.5, 0.6) is 5.75 Å². The molecule has 5 rings (SSSR count). The SMILES string of the molecule is CCOc1ccccc1NC(=O)CSc1nc2sc3c(c2c(=O)n1Cc1ccco1)CCN(C(C)=O)C3. The Hall–Kier alpha value is -3.57. The van der Waals surface area contributed by atoms with E-state index in [4.69, 9.17) is 14.1 Å². The Morgan fingerprint density at radius 3 is 2.84 bits per heavy atom. The summed E-state index contributed by atoms with van der Waals surface area (Å²) in [5.41, 5.74) is 1.39. The Morgan fingerprint density at radius 2 is 2.08 bits per heavy atom. The highest BCUT2D eigenvalue weighted by Gasteiger charge is 2.26. The predicted octanol–water partition coefficient (Wildman–Crippen LogP) is 4.13. The van der Waals surface area contributed by atoms with Crippen molar-refractivity contribution in [3.05, 3.63) is 69.2 Å². The summed E-state index contributed by atoms with van der Waals surface area (Å²) in [4.78, 5) is 46.7. The molecule has 0 saturated heterocycles. The zero-order chi connectivity index (χ0) is 25.9. The third kappa shape index (κ3) is 5.28. The maximum absolute atomic E-state index is 13.8. The molecule has 0 bridgehead atoms. The lowest BCUT2D eigenvalue weighted by Gasteiger charge is -2.25. The molecule has 9 nitrogen and oxygen atoms in total. The van der Waals surface area contributed by atoms with E-state index in [1.54, 1.807) is 46.9 Å². The van der Waals surface area contributed by atoms with Gasteiger partial charge in [-0.25, -0.2) is 4.98 Å². The number of carbonyl (C=O) groups is 2. The summed E-state index contributed by atoms with van der Waals surface area (Å²) in [6.45, 7) is 5.18. The van der Waals surface area contributed by atoms with E-state index in [0.29, 0.717) is 58.7 Å². The molecule has 1 aliphatic heterocycles. The fourth-order valence-corrected chi connectivity index (χ4v) is 6.38. The number of hydrogen-bond donors (Lipinski definition) is 1. The van der Waals surface area contributed by atoms with Gasteiger partial charge in [-0.05, 0) is 43.2 Å². The lowest BCUT2D eigenvalue weighted by Crippen LogP contribution is -2.34. The van der Waals surface area contributed by atoms with Gasteiger partial charge in [0.05, 0.1) is 42.8 Å². The van der Waals surface area contributed by atoms with Crippen LogP contribution in [-0.2, 0) is 29.1 Å². The van der Waals surface area contributed by atoms with Crippen LogP contribution in [0.4, 0.5) is 5.69 Å². The van der Waals surface area contributed by atoms with Crippen molar-refractivity contribution in [1.82, 2.24) is 14.5 Å². The molecular formula is C26H26N4O5S2. The molecule has 192 valence electrons. The number of rotatable bonds is 8. The highest BCUT2D eigenvalue weighted by Crippen LogP contribution is 2.34. The molecule has 0 unspecified atom stereocenters. The average molecular weight is 539 g/mol. The van der Waals surface area contributed by atoms with Crippen molar-refractivity contribution in [3.8, 4) is 5.75 Å². The number of nitrogens with one attached hydrogen (secondary N) is 1. The van der Waals surface area contributed by atoms with E-state index in [9.17, 15) is 14.4 Å². The first-order valence-electron chi connectivity index (χ1n) is 11.9. The minimum absolute atomic E-state index is 0.0134. The molecule has 4 heterocycles. The van der Waals surface area contributed by atoms with Crippen LogP contribution in [0.15, 0.2) is 57.0 Å². The van der Waals surface area contributed by atoms with Gasteiger partial charge in [-0.1, -0.05) is 23.9 Å². The van der Waals surface area contributed by atoms with Crippen molar-refractivity contribution in [2.75, 3.05) is 24.2 Å². The number of thioether (sulfide) groups is 1. The number of amides is 2. The summed E-state index contributed by atoms with van der Waals surface area (Å²) in [7, 11) is 0. The second-order valence-corrected chi connectivity index (χ2v) is 10.5. The standard InChI is InChI=1S/C26H26N4O5S2/c1-3-34-20-9-5-4-8-19(20)27-22(32)15-36-26-28-24-23(25(33)30(26)13-17-7-6-12-35-17)18-10-11-29(16(2)31)14-21(18)37-24/h4-9,12H,3,10-11,13-15H2,1-2H3,(H,27,32). The summed E-state index contributed by atoms with van der Waals surface area (Å²) >= 11 is 2.63. The minimum Gasteiger partial charge on any atom is -0.492 e. The lowest BCUT2D eigenvalue weighted by atomic mass is 10.1. The van der Waals surface area contributed by atoms with Gasteiger partial charge in [-0.3, -0.25) is 19.0 Å². The van der Waals surface area contributed by atoms with Gasteiger partial charge in [0.25, 0.3) is 5.56 Å². The molecule has 37 heavy (non-hydrogen) atoms. The first kappa shape index (κ1) is 25.1. The van der Waals surface area contributed by atoms with Crippen LogP contribution in [0.25, 0.3) is 10.2 Å². The number of ether oxygens (including phenoxy) is 1. The van der Waals surface area contributed by atoms with Crippen LogP contribution in [0.3, 0.4) is 0 Å². The largest absolute Gasteiger partial charge is 0.492 e. The number of aromatic nitrogens is 2. The van der Waals surface area contributed by atoms with Crippen LogP contribution in [0.2, 0.25) is 0 Å². The molecule has 0 radical (unpaired) electrons. The van der Waals surface area contributed by atoms with Gasteiger partial charge in [0.1, 0.15) is 16.3 Å². The number of para-hydroxylation sites is 2. The predicted molar refractivity (Wildman–Crippen MR) is 143 cm³/mol. The molecule has 0 saturated carbocycles. The molecule has 4 aromatic rings. The second-order valence-electron chi connectivity index (χ2n) is 8.51. The molecule has 0 spiro atoms. The van der Waals surface area contributed by atoms with Crippen LogP contribution < -0.4 is 15.6 Å². The van der Waals surface area contributed by atoms with E-state index >= 15 is 0 Å². The quantitative estimate of drug-likeness (QED) is 0.266. The normalized spacial score (nSPS) is 13.0. The van der Waals surface area contributed by atoms with Gasteiger partial charge in [-0.2, -0.15) is 0 Å². The zero-order valence-electron chi connectivity index (χ0n) is 20.5. The molecule has 0 atom stereocenters. The number of fused-ring (bicyclic) bond motifs is 3. The van der Waals surface area contributed by atoms with Crippen LogP contribution >= 0.6 is 23.1 Å². The van der Waals surface area contributed by atoms with E-state index in [-0.39, 0.29) is 29.7 Å². The van der Waals surface area contributed by atoms with Gasteiger partial charge in [0, 0.05) is 18.3 Å². The smallest absolute Gasteiger partial charge is 0.263 e. The summed E-state index contributed by atoms with van der Waals surface area (Å²) < 4.78 is 12.7. The first-order valence-corrected chi connectivity index (χ1v) is 13.7. The third-order valence-corrected chi connectivity index (χ3v) is 8.15. The number of thiophene rings is 1. The third-order valence-electron chi connectivity index (χ3n) is 6.06. The maximum Gasteiger partial charge on any atom is 0.263 e. The number of anilines is 1. The average Bonchev–Trinajstić information content (AvgIpc) is 3.53. The highest BCUT2D eigenvalue weighted by atomic mass is 32.2. The fourth-order valence-electron chi connectivity index (χ4n) is 4.30. The Balaban J connectivity index is 1.45. The summed E-state index contributed by atoms with van der Waals surface area (Å²) in [6.07, 6.45) is 2.17. The number of benzene rings is 1. The summed E-state index contributed by atoms with van der Waals surface area (Å²) in [5.74, 6) is 1.05. The van der Waals surface area contributed by atoms with Gasteiger partial charge in [0.2, 0.25) is 11.8 Å². The van der Waals surface area contributed by atoms with E-state index in [1.807, 2.05) is 19.1 Å². The number of carbonyl (C=O) groups excluding carboxylic acids is 2. The maximum atomic E-state index is 13.8.